The Morgan fingerprint density at radius 3 is 1.75 bits per heavy atom. The van der Waals surface area contributed by atoms with Crippen molar-refractivity contribution in [2.75, 3.05) is 0 Å². The Labute approximate surface area is 70.1 Å². The van der Waals surface area contributed by atoms with Crippen molar-refractivity contribution in [2.45, 2.75) is 11.0 Å². The molecule has 0 aromatic heterocycles. The third kappa shape index (κ3) is 5.80. The Morgan fingerprint density at radius 2 is 1.50 bits per heavy atom. The van der Waals surface area contributed by atoms with Crippen LogP contribution in [0.15, 0.2) is 0 Å². The average molecular weight is 233 g/mol. The topological polar surface area (TPSA) is 34.3 Å². The first-order valence-corrected chi connectivity index (χ1v) is 4.00. The van der Waals surface area contributed by atoms with Gasteiger partial charge in [-0.15, -0.1) is 25.1 Å². The number of hydrogen-bond donors (Lipinski definition) is 1. The van der Waals surface area contributed by atoms with E-state index in [2.05, 4.69) is 0 Å². The van der Waals surface area contributed by atoms with Crippen molar-refractivity contribution in [1.29, 1.82) is 0 Å². The van der Waals surface area contributed by atoms with Crippen molar-refractivity contribution in [1.82, 2.24) is 0 Å². The summed E-state index contributed by atoms with van der Waals surface area (Å²) in [7, 11) is 0. The first-order chi connectivity index (χ1) is 5.13. The van der Waals surface area contributed by atoms with E-state index in [1.165, 1.54) is 0 Å². The fourth-order valence-corrected chi connectivity index (χ4v) is 1.08. The molecule has 0 heterocycles. The van der Waals surface area contributed by atoms with Crippen molar-refractivity contribution in [3.8, 4) is 0 Å². The molecule has 0 amide bonds. The molecule has 1 unspecified atom stereocenters. The van der Waals surface area contributed by atoms with Crippen LogP contribution in [0.2, 0.25) is 0 Å². The van der Waals surface area contributed by atoms with Crippen LogP contribution < -0.4 is 0 Å². The average Bonchev–Trinajstić information content (AvgIpc) is 1.78. The first kappa shape index (κ1) is 12.2. The number of nitrogens with zero attached hydrogens (tertiary/aromatic N) is 1. The molecule has 0 saturated carbocycles. The summed E-state index contributed by atoms with van der Waals surface area (Å²) in [6, 6.07) is 0. The minimum Gasteiger partial charge on any atom is -0.325 e. The van der Waals surface area contributed by atoms with Gasteiger partial charge in [0.15, 0.2) is 11.4 Å². The zero-order valence-corrected chi connectivity index (χ0v) is 6.61. The molecule has 0 saturated heterocycles. The first-order valence-electron chi connectivity index (χ1n) is 2.09. The van der Waals surface area contributed by atoms with E-state index in [-0.39, 0.29) is 0 Å². The third-order valence-electron chi connectivity index (χ3n) is 0.418. The van der Waals surface area contributed by atoms with E-state index < -0.39 is 34.3 Å². The molecule has 0 aliphatic carbocycles. The van der Waals surface area contributed by atoms with Gasteiger partial charge in [-0.2, -0.15) is 17.7 Å². The van der Waals surface area contributed by atoms with Crippen molar-refractivity contribution >= 4 is 23.3 Å². The zero-order chi connectivity index (χ0) is 9.99. The Hall–Kier alpha value is 0.200. The van der Waals surface area contributed by atoms with Crippen molar-refractivity contribution < 1.29 is 30.9 Å². The second kappa shape index (κ2) is 3.94. The molecule has 0 spiro atoms. The molecule has 0 aliphatic rings. The summed E-state index contributed by atoms with van der Waals surface area (Å²) < 4.78 is 77.4. The predicted molar refractivity (Wildman–Crippen MR) is 33.1 cm³/mol. The van der Waals surface area contributed by atoms with E-state index in [1.54, 1.807) is 0 Å². The number of hydrogen-bond acceptors (Lipinski definition) is 2. The zero-order valence-electron chi connectivity index (χ0n) is 4.98. The lowest BCUT2D eigenvalue weighted by atomic mass is 11.6. The van der Waals surface area contributed by atoms with Crippen molar-refractivity contribution in [3.05, 3.63) is 4.13 Å². The highest BCUT2D eigenvalue weighted by Gasteiger charge is 2.47. The number of halogens is 6. The van der Waals surface area contributed by atoms with Gasteiger partial charge in [0.1, 0.15) is 0 Å². The second-order valence-corrected chi connectivity index (χ2v) is 3.55. The van der Waals surface area contributed by atoms with E-state index >= 15 is 0 Å². The Bertz CT molecular complexity index is 143. The van der Waals surface area contributed by atoms with Gasteiger partial charge < -0.3 is 4.13 Å². The summed E-state index contributed by atoms with van der Waals surface area (Å²) in [5.41, 5.74) is -10.0. The van der Waals surface area contributed by atoms with Crippen molar-refractivity contribution in [3.63, 3.8) is 0 Å². The quantitative estimate of drug-likeness (QED) is 0.452. The monoisotopic (exact) mass is 233 g/mol. The molecule has 0 bridgehead atoms. The minimum atomic E-state index is -5.13. The second-order valence-electron chi connectivity index (χ2n) is 1.32. The highest BCUT2D eigenvalue weighted by molar-refractivity contribution is 8.17. The summed E-state index contributed by atoms with van der Waals surface area (Å²) in [6.45, 7) is 0. The maximum absolute atomic E-state index is 11.3. The normalized spacial score (nSPS) is 16.2. The molecule has 2 nitrogen and oxygen atoms in total. The smallest absolute Gasteiger partial charge is 0.325 e. The van der Waals surface area contributed by atoms with Crippen LogP contribution >= 0.6 is 11.9 Å². The SMILES string of the molecule is O[S+]([N-]SC(F)(F)F)C(F)(F)F. The third-order valence-corrected chi connectivity index (χ3v) is 1.90. The van der Waals surface area contributed by atoms with E-state index in [0.29, 0.717) is 0 Å². The van der Waals surface area contributed by atoms with Gasteiger partial charge in [0, 0.05) is 0 Å². The van der Waals surface area contributed by atoms with E-state index in [1.807, 2.05) is 4.13 Å². The van der Waals surface area contributed by atoms with Gasteiger partial charge >= 0.3 is 11.0 Å². The molecular weight excluding hydrogens is 232 g/mol. The van der Waals surface area contributed by atoms with Crippen LogP contribution in [0.4, 0.5) is 26.3 Å². The lowest BCUT2D eigenvalue weighted by Crippen LogP contribution is -2.21. The van der Waals surface area contributed by atoms with E-state index in [0.717, 1.165) is 0 Å². The maximum atomic E-state index is 11.3. The van der Waals surface area contributed by atoms with Gasteiger partial charge in [0.25, 0.3) is 0 Å². The number of alkyl halides is 6. The summed E-state index contributed by atoms with van der Waals surface area (Å²) >= 11 is -4.83. The Balaban J connectivity index is 3.80. The van der Waals surface area contributed by atoms with Crippen LogP contribution in [0, 0.1) is 0 Å². The van der Waals surface area contributed by atoms with Gasteiger partial charge in [0.2, 0.25) is 0 Å². The van der Waals surface area contributed by atoms with Crippen molar-refractivity contribution in [2.24, 2.45) is 0 Å². The molecule has 1 N–H and O–H groups in total. The molecule has 0 aromatic rings. The fraction of sp³-hybridized carbons (Fsp3) is 1.00. The molecule has 0 radical (unpaired) electrons. The Kier molecular flexibility index (Phi) is 4.00. The maximum Gasteiger partial charge on any atom is 0.596 e. The van der Waals surface area contributed by atoms with E-state index in [9.17, 15) is 26.3 Å². The number of rotatable bonds is 2. The van der Waals surface area contributed by atoms with Gasteiger partial charge in [-0.25, -0.2) is 0 Å². The Morgan fingerprint density at radius 1 is 1.08 bits per heavy atom. The lowest BCUT2D eigenvalue weighted by molar-refractivity contribution is -0.0419. The van der Waals surface area contributed by atoms with Crippen LogP contribution in [0.5, 0.6) is 0 Å². The van der Waals surface area contributed by atoms with Crippen LogP contribution in [0.3, 0.4) is 0 Å². The molecule has 74 valence electrons. The molecule has 12 heavy (non-hydrogen) atoms. The summed E-state index contributed by atoms with van der Waals surface area (Å²) in [5, 5.41) is 0. The van der Waals surface area contributed by atoms with Crippen LogP contribution in [-0.4, -0.2) is 15.6 Å². The molecule has 10 heteroatoms. The lowest BCUT2D eigenvalue weighted by Gasteiger charge is -2.16. The van der Waals surface area contributed by atoms with Crippen LogP contribution in [-0.2, 0) is 11.4 Å². The molecule has 0 aromatic carbocycles. The van der Waals surface area contributed by atoms with Gasteiger partial charge in [-0.05, 0) is 0 Å². The van der Waals surface area contributed by atoms with Crippen LogP contribution in [0.25, 0.3) is 4.13 Å². The predicted octanol–water partition coefficient (Wildman–Crippen LogP) is 3.05. The summed E-state index contributed by atoms with van der Waals surface area (Å²) in [5.74, 6) is 0. The van der Waals surface area contributed by atoms with Gasteiger partial charge in [-0.1, -0.05) is 0 Å². The molecule has 0 aliphatic heterocycles. The largest absolute Gasteiger partial charge is 0.596 e. The molecule has 1 atom stereocenters. The summed E-state index contributed by atoms with van der Waals surface area (Å²) in [6.07, 6.45) is 0. The highest BCUT2D eigenvalue weighted by Crippen LogP contribution is 2.40. The van der Waals surface area contributed by atoms with Gasteiger partial charge in [0.05, 0.1) is 0 Å². The molecule has 0 rings (SSSR count). The standard InChI is InChI=1S/C2HF6NOS2/c3-1(4,5)11-9-12(10)2(6,7)8/h(H,9,10). The fourth-order valence-electron chi connectivity index (χ4n) is 0.120. The minimum absolute atomic E-state index is 1.26. The van der Waals surface area contributed by atoms with E-state index in [4.69, 9.17) is 4.55 Å². The highest BCUT2D eigenvalue weighted by atomic mass is 32.3. The summed E-state index contributed by atoms with van der Waals surface area (Å²) in [4.78, 5) is 0. The molecule has 0 fully saturated rings. The van der Waals surface area contributed by atoms with Gasteiger partial charge in [-0.3, -0.25) is 0 Å². The van der Waals surface area contributed by atoms with Crippen LogP contribution in [0.1, 0.15) is 0 Å². The molecular formula is C2HF6NOS2.